The van der Waals surface area contributed by atoms with Gasteiger partial charge in [0.25, 0.3) is 0 Å². The molecule has 0 saturated heterocycles. The van der Waals surface area contributed by atoms with E-state index in [0.717, 1.165) is 0 Å². The fourth-order valence-electron chi connectivity index (χ4n) is 1.71. The minimum atomic E-state index is 1.29. The van der Waals surface area contributed by atoms with E-state index in [9.17, 15) is 0 Å². The number of fused-ring (bicyclic) bond motifs is 1. The normalized spacial score (nSPS) is 17.4. The van der Waals surface area contributed by atoms with Crippen molar-refractivity contribution in [2.24, 2.45) is 0 Å². The third-order valence-electron chi connectivity index (χ3n) is 2.78. The monoisotopic (exact) mass is 172 g/mol. The Bertz CT molecular complexity index is 263. The van der Waals surface area contributed by atoms with Crippen LogP contribution in [0.5, 0.6) is 0 Å². The molecule has 0 atom stereocenters. The average Bonchev–Trinajstić information content (AvgIpc) is 2.14. The molecule has 1 fully saturated rings. The quantitative estimate of drug-likeness (QED) is 0.523. The van der Waals surface area contributed by atoms with Gasteiger partial charge in [-0.2, -0.15) is 0 Å². The largest absolute Gasteiger partial charge is 0.0999 e. The second-order valence-corrected chi connectivity index (χ2v) is 3.89. The molecule has 0 radical (unpaired) electrons. The Balaban J connectivity index is 0.000000101. The summed E-state index contributed by atoms with van der Waals surface area (Å²) in [6.07, 6.45) is 6.79. The summed E-state index contributed by atoms with van der Waals surface area (Å²) in [6.45, 7) is 3.91. The number of hydrogen-bond donors (Lipinski definition) is 0. The van der Waals surface area contributed by atoms with Crippen LogP contribution in [0.2, 0.25) is 0 Å². The lowest BCUT2D eigenvalue weighted by molar-refractivity contribution is 0.601. The molecule has 0 amide bonds. The van der Waals surface area contributed by atoms with E-state index in [0.29, 0.717) is 0 Å². The first-order chi connectivity index (χ1) is 6.36. The molecule has 0 bridgehead atoms. The van der Waals surface area contributed by atoms with Gasteiger partial charge in [0.1, 0.15) is 0 Å². The molecule has 3 rings (SSSR count). The van der Waals surface area contributed by atoms with Crippen molar-refractivity contribution < 1.29 is 0 Å². The summed E-state index contributed by atoms with van der Waals surface area (Å²) in [5, 5.41) is 0. The van der Waals surface area contributed by atoms with Crippen molar-refractivity contribution in [3.8, 4) is 11.1 Å². The topological polar surface area (TPSA) is 0 Å². The van der Waals surface area contributed by atoms with E-state index in [1.165, 1.54) is 48.8 Å². The van der Waals surface area contributed by atoms with E-state index in [2.05, 4.69) is 30.8 Å². The van der Waals surface area contributed by atoms with Crippen LogP contribution in [0, 0.1) is 0 Å². The van der Waals surface area contributed by atoms with Crippen LogP contribution in [0.25, 0.3) is 11.1 Å². The smallest absolute Gasteiger partial charge is 0.0184 e. The standard InChI is InChI=1S/C7H12.C6H4/c1-7-5-3-2-4-6-7;1-2-6-4-3-5(1)6/h1-6H2;1-4H. The molecule has 0 N–H and O–H groups in total. The molecule has 0 nitrogen and oxygen atoms in total. The van der Waals surface area contributed by atoms with Crippen LogP contribution in [0.1, 0.15) is 32.1 Å². The van der Waals surface area contributed by atoms with Crippen molar-refractivity contribution in [2.75, 3.05) is 0 Å². The van der Waals surface area contributed by atoms with Crippen LogP contribution in [0.15, 0.2) is 36.4 Å². The van der Waals surface area contributed by atoms with Crippen molar-refractivity contribution in [1.29, 1.82) is 0 Å². The van der Waals surface area contributed by atoms with Gasteiger partial charge in [-0.05, 0) is 36.8 Å². The highest BCUT2D eigenvalue weighted by Gasteiger charge is 2.04. The van der Waals surface area contributed by atoms with Gasteiger partial charge in [0.05, 0.1) is 0 Å². The molecular weight excluding hydrogens is 156 g/mol. The van der Waals surface area contributed by atoms with E-state index < -0.39 is 0 Å². The van der Waals surface area contributed by atoms with Crippen molar-refractivity contribution >= 4 is 0 Å². The maximum atomic E-state index is 3.91. The van der Waals surface area contributed by atoms with Crippen molar-refractivity contribution in [3.05, 3.63) is 36.4 Å². The Morgan fingerprint density at radius 1 is 0.769 bits per heavy atom. The van der Waals surface area contributed by atoms with Gasteiger partial charge in [0, 0.05) is 0 Å². The van der Waals surface area contributed by atoms with E-state index in [1.54, 1.807) is 0 Å². The lowest BCUT2D eigenvalue weighted by Crippen LogP contribution is -1.90. The molecule has 0 aliphatic heterocycles. The number of allylic oxidation sites excluding steroid dienone is 1. The summed E-state index contributed by atoms with van der Waals surface area (Å²) in [7, 11) is 0. The molecular formula is C13H16. The van der Waals surface area contributed by atoms with Gasteiger partial charge in [-0.3, -0.25) is 0 Å². The van der Waals surface area contributed by atoms with Crippen LogP contribution < -0.4 is 0 Å². The minimum absolute atomic E-state index is 1.29. The van der Waals surface area contributed by atoms with Crippen LogP contribution >= 0.6 is 0 Å². The third-order valence-corrected chi connectivity index (χ3v) is 2.78. The zero-order chi connectivity index (χ0) is 9.10. The second-order valence-electron chi connectivity index (χ2n) is 3.89. The van der Waals surface area contributed by atoms with Gasteiger partial charge < -0.3 is 0 Å². The van der Waals surface area contributed by atoms with Gasteiger partial charge in [0.15, 0.2) is 0 Å². The van der Waals surface area contributed by atoms with Gasteiger partial charge in [0.2, 0.25) is 0 Å². The second kappa shape index (κ2) is 3.78. The third kappa shape index (κ3) is 2.00. The fraction of sp³-hybridized carbons (Fsp3) is 0.385. The molecule has 0 spiro atoms. The highest BCUT2D eigenvalue weighted by Crippen LogP contribution is 2.29. The van der Waals surface area contributed by atoms with Gasteiger partial charge in [-0.15, -0.1) is 0 Å². The van der Waals surface area contributed by atoms with E-state index in [1.807, 2.05) is 0 Å². The fourth-order valence-corrected chi connectivity index (χ4v) is 1.71. The molecule has 0 unspecified atom stereocenters. The Labute approximate surface area is 80.3 Å². The van der Waals surface area contributed by atoms with Crippen LogP contribution in [0.4, 0.5) is 0 Å². The molecule has 0 heteroatoms. The first-order valence-electron chi connectivity index (χ1n) is 5.13. The predicted octanol–water partition coefficient (Wildman–Crippen LogP) is 4.17. The lowest BCUT2D eigenvalue weighted by Gasteiger charge is -2.10. The molecule has 0 aromatic heterocycles. The van der Waals surface area contributed by atoms with Crippen molar-refractivity contribution in [3.63, 3.8) is 0 Å². The molecule has 0 heterocycles. The molecule has 3 aliphatic rings. The Hall–Kier alpha value is -1.04. The highest BCUT2D eigenvalue weighted by atomic mass is 14.1. The maximum Gasteiger partial charge on any atom is -0.0184 e. The number of benzene rings is 1. The van der Waals surface area contributed by atoms with E-state index in [-0.39, 0.29) is 0 Å². The summed E-state index contributed by atoms with van der Waals surface area (Å²) >= 11 is 0. The van der Waals surface area contributed by atoms with E-state index in [4.69, 9.17) is 0 Å². The maximum absolute atomic E-state index is 3.91. The average molecular weight is 172 g/mol. The zero-order valence-electron chi connectivity index (χ0n) is 8.05. The summed E-state index contributed by atoms with van der Waals surface area (Å²) in [4.78, 5) is 0. The minimum Gasteiger partial charge on any atom is -0.0999 e. The Morgan fingerprint density at radius 2 is 1.23 bits per heavy atom. The van der Waals surface area contributed by atoms with Crippen molar-refractivity contribution in [2.45, 2.75) is 32.1 Å². The first kappa shape index (κ1) is 8.55. The summed E-state index contributed by atoms with van der Waals surface area (Å²) < 4.78 is 0. The zero-order valence-corrected chi connectivity index (χ0v) is 8.05. The SMILES string of the molecule is C=C1CCCCC1.c1cc2ccc1-2. The molecule has 68 valence electrons. The first-order valence-corrected chi connectivity index (χ1v) is 5.13. The summed E-state index contributed by atoms with van der Waals surface area (Å²) in [5.74, 6) is 0. The lowest BCUT2D eigenvalue weighted by atomic mass is 9.95. The molecule has 1 saturated carbocycles. The van der Waals surface area contributed by atoms with Gasteiger partial charge in [-0.25, -0.2) is 0 Å². The van der Waals surface area contributed by atoms with E-state index >= 15 is 0 Å². The van der Waals surface area contributed by atoms with Crippen molar-refractivity contribution in [1.82, 2.24) is 0 Å². The molecule has 0 aromatic carbocycles. The Kier molecular flexibility index (Phi) is 2.49. The number of hydrogen-bond acceptors (Lipinski definition) is 0. The highest BCUT2D eigenvalue weighted by molar-refractivity contribution is 5.75. The van der Waals surface area contributed by atoms with Gasteiger partial charge in [-0.1, -0.05) is 42.8 Å². The molecule has 13 heavy (non-hydrogen) atoms. The summed E-state index contributed by atoms with van der Waals surface area (Å²) in [5.41, 5.74) is 4.32. The Morgan fingerprint density at radius 3 is 1.38 bits per heavy atom. The van der Waals surface area contributed by atoms with Crippen LogP contribution in [-0.4, -0.2) is 0 Å². The molecule has 0 aromatic rings. The summed E-state index contributed by atoms with van der Waals surface area (Å²) in [6, 6.07) is 8.48. The van der Waals surface area contributed by atoms with Crippen LogP contribution in [-0.2, 0) is 0 Å². The molecule has 3 aliphatic carbocycles. The van der Waals surface area contributed by atoms with Crippen LogP contribution in [0.3, 0.4) is 0 Å². The van der Waals surface area contributed by atoms with Gasteiger partial charge >= 0.3 is 0 Å². The predicted molar refractivity (Wildman–Crippen MR) is 57.7 cm³/mol. The number of rotatable bonds is 0.